The molecule has 0 saturated carbocycles. The molecule has 4 heterocycles. The third kappa shape index (κ3) is 1.42. The van der Waals surface area contributed by atoms with Crippen LogP contribution in [0.15, 0.2) is 6.07 Å². The van der Waals surface area contributed by atoms with Crippen molar-refractivity contribution in [2.24, 2.45) is 11.8 Å². The van der Waals surface area contributed by atoms with E-state index in [0.29, 0.717) is 0 Å². The zero-order chi connectivity index (χ0) is 14.0. The molecule has 0 radical (unpaired) electrons. The summed E-state index contributed by atoms with van der Waals surface area (Å²) in [6.07, 6.45) is 1.54. The lowest BCUT2D eigenvalue weighted by molar-refractivity contribution is -0.124. The number of anilines is 1. The van der Waals surface area contributed by atoms with Gasteiger partial charge in [-0.3, -0.25) is 9.59 Å². The quantitative estimate of drug-likeness (QED) is 0.706. The van der Waals surface area contributed by atoms with Crippen LogP contribution < -0.4 is 4.90 Å². The minimum atomic E-state index is -0.328. The first-order valence-electron chi connectivity index (χ1n) is 6.92. The standard InChI is InChI=1S/C14H15N3O3/c1-6-5-7(2)16-14(15-6)17-12(18)10-8-3-4-9(20-8)11(10)13(17)19/h5,8-11H,3-4H2,1-2H3/t8-,9-,10-,11+/m1/s1. The Morgan fingerprint density at radius 3 is 2.05 bits per heavy atom. The Bertz CT molecular complexity index is 582. The number of hydrogen-bond acceptors (Lipinski definition) is 5. The Labute approximate surface area is 116 Å². The van der Waals surface area contributed by atoms with E-state index >= 15 is 0 Å². The predicted molar refractivity (Wildman–Crippen MR) is 68.9 cm³/mol. The highest BCUT2D eigenvalue weighted by molar-refractivity contribution is 6.21. The van der Waals surface area contributed by atoms with Crippen LogP contribution in [0, 0.1) is 25.7 Å². The van der Waals surface area contributed by atoms with Gasteiger partial charge in [-0.1, -0.05) is 0 Å². The third-order valence-electron chi connectivity index (χ3n) is 4.45. The molecule has 104 valence electrons. The van der Waals surface area contributed by atoms with Crippen molar-refractivity contribution in [3.63, 3.8) is 0 Å². The van der Waals surface area contributed by atoms with Crippen LogP contribution in [0.25, 0.3) is 0 Å². The number of carbonyl (C=O) groups is 2. The number of aryl methyl sites for hydroxylation is 2. The number of hydrogen-bond donors (Lipinski definition) is 0. The second-order valence-electron chi connectivity index (χ2n) is 5.80. The number of rotatable bonds is 1. The maximum Gasteiger partial charge on any atom is 0.242 e. The van der Waals surface area contributed by atoms with Gasteiger partial charge in [0.15, 0.2) is 0 Å². The minimum Gasteiger partial charge on any atom is -0.373 e. The van der Waals surface area contributed by atoms with Crippen molar-refractivity contribution >= 4 is 17.8 Å². The molecule has 0 N–H and O–H groups in total. The van der Waals surface area contributed by atoms with E-state index in [1.807, 2.05) is 19.9 Å². The summed E-state index contributed by atoms with van der Waals surface area (Å²) in [4.78, 5) is 34.8. The van der Waals surface area contributed by atoms with Crippen molar-refractivity contribution in [3.8, 4) is 0 Å². The summed E-state index contributed by atoms with van der Waals surface area (Å²) >= 11 is 0. The molecule has 3 aliphatic heterocycles. The van der Waals surface area contributed by atoms with E-state index in [-0.39, 0.29) is 41.8 Å². The van der Waals surface area contributed by atoms with Crippen LogP contribution in [-0.2, 0) is 14.3 Å². The van der Waals surface area contributed by atoms with Crippen LogP contribution in [0.2, 0.25) is 0 Å². The molecule has 3 fully saturated rings. The average Bonchev–Trinajstić information content (AvgIpc) is 3.02. The summed E-state index contributed by atoms with van der Waals surface area (Å²) in [6, 6.07) is 1.82. The average molecular weight is 273 g/mol. The van der Waals surface area contributed by atoms with Gasteiger partial charge in [0.25, 0.3) is 0 Å². The van der Waals surface area contributed by atoms with Crippen LogP contribution in [0.5, 0.6) is 0 Å². The molecule has 4 rings (SSSR count). The fourth-order valence-electron chi connectivity index (χ4n) is 3.72. The molecule has 3 aliphatic rings. The van der Waals surface area contributed by atoms with Crippen molar-refractivity contribution in [3.05, 3.63) is 17.5 Å². The molecule has 1 aromatic rings. The van der Waals surface area contributed by atoms with Crippen molar-refractivity contribution in [2.75, 3.05) is 4.90 Å². The summed E-state index contributed by atoms with van der Waals surface area (Å²) in [7, 11) is 0. The van der Waals surface area contributed by atoms with Gasteiger partial charge >= 0.3 is 0 Å². The molecule has 0 aromatic carbocycles. The van der Waals surface area contributed by atoms with E-state index in [0.717, 1.165) is 24.2 Å². The molecule has 6 heteroatoms. The van der Waals surface area contributed by atoms with Crippen LogP contribution in [0.1, 0.15) is 24.2 Å². The van der Waals surface area contributed by atoms with Gasteiger partial charge in [-0.25, -0.2) is 14.9 Å². The van der Waals surface area contributed by atoms with Gasteiger partial charge in [0.05, 0.1) is 24.0 Å². The molecule has 0 aliphatic carbocycles. The van der Waals surface area contributed by atoms with Crippen LogP contribution in [0.3, 0.4) is 0 Å². The third-order valence-corrected chi connectivity index (χ3v) is 4.45. The zero-order valence-corrected chi connectivity index (χ0v) is 11.4. The van der Waals surface area contributed by atoms with E-state index in [4.69, 9.17) is 4.74 Å². The molecule has 3 saturated heterocycles. The highest BCUT2D eigenvalue weighted by Crippen LogP contribution is 2.48. The van der Waals surface area contributed by atoms with Crippen LogP contribution in [-0.4, -0.2) is 34.0 Å². The number of fused-ring (bicyclic) bond motifs is 5. The molecule has 20 heavy (non-hydrogen) atoms. The molecule has 2 bridgehead atoms. The normalized spacial score (nSPS) is 35.0. The monoisotopic (exact) mass is 273 g/mol. The van der Waals surface area contributed by atoms with E-state index in [9.17, 15) is 9.59 Å². The molecular formula is C14H15N3O3. The number of aromatic nitrogens is 2. The zero-order valence-electron chi connectivity index (χ0n) is 11.4. The smallest absolute Gasteiger partial charge is 0.242 e. The lowest BCUT2D eigenvalue weighted by Crippen LogP contribution is -2.35. The van der Waals surface area contributed by atoms with Gasteiger partial charge in [-0.15, -0.1) is 0 Å². The maximum atomic E-state index is 12.6. The highest BCUT2D eigenvalue weighted by atomic mass is 16.5. The number of nitrogens with zero attached hydrogens (tertiary/aromatic N) is 3. The first-order chi connectivity index (χ1) is 9.56. The second-order valence-corrected chi connectivity index (χ2v) is 5.80. The van der Waals surface area contributed by atoms with Gasteiger partial charge in [0, 0.05) is 11.4 Å². The topological polar surface area (TPSA) is 72.4 Å². The van der Waals surface area contributed by atoms with Gasteiger partial charge in [0.2, 0.25) is 17.8 Å². The Morgan fingerprint density at radius 2 is 1.55 bits per heavy atom. The van der Waals surface area contributed by atoms with E-state index in [1.54, 1.807) is 0 Å². The molecule has 2 amide bonds. The largest absolute Gasteiger partial charge is 0.373 e. The van der Waals surface area contributed by atoms with Crippen LogP contribution >= 0.6 is 0 Å². The number of carbonyl (C=O) groups excluding carboxylic acids is 2. The highest BCUT2D eigenvalue weighted by Gasteiger charge is 2.63. The molecule has 1 aromatic heterocycles. The summed E-state index contributed by atoms with van der Waals surface area (Å²) in [5.74, 6) is -0.836. The van der Waals surface area contributed by atoms with Crippen molar-refractivity contribution in [1.29, 1.82) is 0 Å². The lowest BCUT2D eigenvalue weighted by Gasteiger charge is -2.16. The Balaban J connectivity index is 1.76. The minimum absolute atomic E-state index is 0.0997. The first kappa shape index (κ1) is 12.0. The summed E-state index contributed by atoms with van der Waals surface area (Å²) in [5.41, 5.74) is 1.51. The summed E-state index contributed by atoms with van der Waals surface area (Å²) in [5, 5.41) is 0. The number of amides is 2. The Hall–Kier alpha value is -1.82. The Morgan fingerprint density at radius 1 is 1.05 bits per heavy atom. The van der Waals surface area contributed by atoms with Gasteiger partial charge in [-0.2, -0.15) is 0 Å². The number of imide groups is 1. The van der Waals surface area contributed by atoms with Gasteiger partial charge in [0.1, 0.15) is 0 Å². The van der Waals surface area contributed by atoms with Gasteiger partial charge in [-0.05, 0) is 32.8 Å². The molecular weight excluding hydrogens is 258 g/mol. The SMILES string of the molecule is Cc1cc(C)nc(N2C(=O)[C@@H]3[C@H](C2=O)[C@H]2CC[C@H]3O2)n1. The second kappa shape index (κ2) is 3.85. The van der Waals surface area contributed by atoms with Crippen LogP contribution in [0.4, 0.5) is 5.95 Å². The van der Waals surface area contributed by atoms with Crippen molar-refractivity contribution < 1.29 is 14.3 Å². The van der Waals surface area contributed by atoms with E-state index in [2.05, 4.69) is 9.97 Å². The van der Waals surface area contributed by atoms with Gasteiger partial charge < -0.3 is 4.74 Å². The van der Waals surface area contributed by atoms with Crippen molar-refractivity contribution in [1.82, 2.24) is 9.97 Å². The Kier molecular flexibility index (Phi) is 2.30. The molecule has 6 nitrogen and oxygen atoms in total. The molecule has 0 spiro atoms. The molecule has 0 unspecified atom stereocenters. The summed E-state index contributed by atoms with van der Waals surface area (Å²) in [6.45, 7) is 3.66. The summed E-state index contributed by atoms with van der Waals surface area (Å²) < 4.78 is 5.70. The van der Waals surface area contributed by atoms with E-state index in [1.165, 1.54) is 4.90 Å². The maximum absolute atomic E-state index is 12.6. The van der Waals surface area contributed by atoms with Crippen molar-refractivity contribution in [2.45, 2.75) is 38.9 Å². The lowest BCUT2D eigenvalue weighted by atomic mass is 9.81. The fourth-order valence-corrected chi connectivity index (χ4v) is 3.72. The predicted octanol–water partition coefficient (Wildman–Crippen LogP) is 0.760. The molecule has 4 atom stereocenters. The first-order valence-corrected chi connectivity index (χ1v) is 6.92. The van der Waals surface area contributed by atoms with E-state index < -0.39 is 0 Å². The number of ether oxygens (including phenoxy) is 1. The fraction of sp³-hybridized carbons (Fsp3) is 0.571.